The van der Waals surface area contributed by atoms with Crippen molar-refractivity contribution in [3.05, 3.63) is 50.4 Å². The Morgan fingerprint density at radius 1 is 1.35 bits per heavy atom. The van der Waals surface area contributed by atoms with Gasteiger partial charge in [0.25, 0.3) is 0 Å². The maximum absolute atomic E-state index is 4.34. The summed E-state index contributed by atoms with van der Waals surface area (Å²) in [6, 6.07) is 8.75. The van der Waals surface area contributed by atoms with Crippen LogP contribution in [-0.4, -0.2) is 4.98 Å². The number of rotatable bonds is 4. The van der Waals surface area contributed by atoms with Gasteiger partial charge < -0.3 is 5.32 Å². The molecule has 1 atom stereocenters. The molecule has 0 saturated carbocycles. The summed E-state index contributed by atoms with van der Waals surface area (Å²) in [5.41, 5.74) is 1.29. The minimum Gasteiger partial charge on any atom is -0.304 e. The van der Waals surface area contributed by atoms with Crippen LogP contribution >= 0.6 is 27.3 Å². The molecule has 0 radical (unpaired) electrons. The number of hydrogen-bond acceptors (Lipinski definition) is 3. The van der Waals surface area contributed by atoms with E-state index in [-0.39, 0.29) is 0 Å². The van der Waals surface area contributed by atoms with Crippen molar-refractivity contribution in [1.82, 2.24) is 10.3 Å². The van der Waals surface area contributed by atoms with Gasteiger partial charge in [0.15, 0.2) is 0 Å². The quantitative estimate of drug-likeness (QED) is 0.921. The van der Waals surface area contributed by atoms with E-state index in [1.165, 1.54) is 10.4 Å². The van der Waals surface area contributed by atoms with Crippen LogP contribution in [0.3, 0.4) is 0 Å². The van der Waals surface area contributed by atoms with E-state index >= 15 is 0 Å². The summed E-state index contributed by atoms with van der Waals surface area (Å²) in [6.07, 6.45) is 1.92. The molecule has 1 unspecified atom stereocenters. The van der Waals surface area contributed by atoms with E-state index in [1.807, 2.05) is 6.20 Å². The summed E-state index contributed by atoms with van der Waals surface area (Å²) in [5, 5.41) is 4.63. The first kappa shape index (κ1) is 12.7. The van der Waals surface area contributed by atoms with Gasteiger partial charge in [-0.1, -0.05) is 28.1 Å². The van der Waals surface area contributed by atoms with Crippen molar-refractivity contribution in [3.63, 3.8) is 0 Å². The number of benzene rings is 1. The lowest BCUT2D eigenvalue weighted by atomic mass is 10.1. The topological polar surface area (TPSA) is 24.9 Å². The van der Waals surface area contributed by atoms with Gasteiger partial charge in [-0.3, -0.25) is 0 Å². The summed E-state index contributed by atoms with van der Waals surface area (Å²) in [6.45, 7) is 5.08. The van der Waals surface area contributed by atoms with Crippen LogP contribution in [0.25, 0.3) is 0 Å². The smallest absolute Gasteiger partial charge is 0.107 e. The highest BCUT2D eigenvalue weighted by Gasteiger charge is 2.05. The zero-order valence-corrected chi connectivity index (χ0v) is 12.3. The van der Waals surface area contributed by atoms with E-state index in [1.54, 1.807) is 11.3 Å². The van der Waals surface area contributed by atoms with Crippen LogP contribution in [0.2, 0.25) is 0 Å². The first-order valence-corrected chi connectivity index (χ1v) is 7.16. The van der Waals surface area contributed by atoms with Crippen LogP contribution in [0.15, 0.2) is 34.9 Å². The monoisotopic (exact) mass is 310 g/mol. The molecule has 0 spiro atoms. The van der Waals surface area contributed by atoms with Gasteiger partial charge in [-0.2, -0.15) is 0 Å². The average Bonchev–Trinajstić information content (AvgIpc) is 2.73. The second-order valence-electron chi connectivity index (χ2n) is 4.02. The minimum absolute atomic E-state index is 0.340. The zero-order chi connectivity index (χ0) is 12.3. The Bertz CT molecular complexity index is 478. The molecule has 1 aromatic carbocycles. The van der Waals surface area contributed by atoms with Gasteiger partial charge >= 0.3 is 0 Å². The SMILES string of the molecule is Cc1cnc(CNC(C)c2ccc(Br)cc2)s1. The van der Waals surface area contributed by atoms with E-state index in [0.29, 0.717) is 6.04 Å². The van der Waals surface area contributed by atoms with E-state index in [0.717, 1.165) is 16.0 Å². The van der Waals surface area contributed by atoms with E-state index < -0.39 is 0 Å². The fraction of sp³-hybridized carbons (Fsp3) is 0.308. The summed E-state index contributed by atoms with van der Waals surface area (Å²) in [4.78, 5) is 5.61. The molecule has 0 aliphatic rings. The Hall–Kier alpha value is -0.710. The van der Waals surface area contributed by atoms with Gasteiger partial charge in [-0.15, -0.1) is 11.3 Å². The lowest BCUT2D eigenvalue weighted by Gasteiger charge is -2.13. The standard InChI is InChI=1S/C13H15BrN2S/c1-9-7-16-13(17-9)8-15-10(2)11-3-5-12(14)6-4-11/h3-7,10,15H,8H2,1-2H3. The summed E-state index contributed by atoms with van der Waals surface area (Å²) < 4.78 is 1.11. The third kappa shape index (κ3) is 3.63. The van der Waals surface area contributed by atoms with Crippen molar-refractivity contribution in [1.29, 1.82) is 0 Å². The molecule has 1 aromatic heterocycles. The lowest BCUT2D eigenvalue weighted by molar-refractivity contribution is 0.573. The van der Waals surface area contributed by atoms with Crippen molar-refractivity contribution in [2.45, 2.75) is 26.4 Å². The van der Waals surface area contributed by atoms with Gasteiger partial charge in [-0.25, -0.2) is 4.98 Å². The predicted molar refractivity (Wildman–Crippen MR) is 76.2 cm³/mol. The Morgan fingerprint density at radius 3 is 2.65 bits per heavy atom. The predicted octanol–water partition coefficient (Wildman–Crippen LogP) is 4.06. The van der Waals surface area contributed by atoms with E-state index in [2.05, 4.69) is 64.3 Å². The number of nitrogens with one attached hydrogen (secondary N) is 1. The van der Waals surface area contributed by atoms with Crippen LogP contribution in [0.1, 0.15) is 28.4 Å². The summed E-state index contributed by atoms with van der Waals surface area (Å²) in [5.74, 6) is 0. The molecule has 0 fully saturated rings. The van der Waals surface area contributed by atoms with Crippen LogP contribution < -0.4 is 5.32 Å². The van der Waals surface area contributed by atoms with Crippen molar-refractivity contribution < 1.29 is 0 Å². The largest absolute Gasteiger partial charge is 0.304 e. The normalized spacial score (nSPS) is 12.6. The molecule has 0 aliphatic carbocycles. The van der Waals surface area contributed by atoms with Crippen LogP contribution in [0.5, 0.6) is 0 Å². The number of hydrogen-bond donors (Lipinski definition) is 1. The first-order chi connectivity index (χ1) is 8.15. The van der Waals surface area contributed by atoms with Crippen molar-refractivity contribution in [3.8, 4) is 0 Å². The summed E-state index contributed by atoms with van der Waals surface area (Å²) in [7, 11) is 0. The third-order valence-corrected chi connectivity index (χ3v) is 4.04. The Morgan fingerprint density at radius 2 is 2.06 bits per heavy atom. The molecule has 0 saturated heterocycles. The highest BCUT2D eigenvalue weighted by molar-refractivity contribution is 9.10. The maximum Gasteiger partial charge on any atom is 0.107 e. The van der Waals surface area contributed by atoms with E-state index in [4.69, 9.17) is 0 Å². The molecule has 0 amide bonds. The fourth-order valence-corrected chi connectivity index (χ4v) is 2.60. The van der Waals surface area contributed by atoms with Crippen molar-refractivity contribution in [2.24, 2.45) is 0 Å². The fourth-order valence-electron chi connectivity index (χ4n) is 1.59. The molecule has 1 heterocycles. The molecule has 17 heavy (non-hydrogen) atoms. The van der Waals surface area contributed by atoms with E-state index in [9.17, 15) is 0 Å². The molecule has 2 nitrogen and oxygen atoms in total. The number of thiazole rings is 1. The van der Waals surface area contributed by atoms with Crippen molar-refractivity contribution >= 4 is 27.3 Å². The minimum atomic E-state index is 0.340. The second kappa shape index (κ2) is 5.76. The number of halogens is 1. The van der Waals surface area contributed by atoms with Gasteiger partial charge in [0.2, 0.25) is 0 Å². The van der Waals surface area contributed by atoms with Gasteiger partial charge in [-0.05, 0) is 31.5 Å². The molecule has 4 heteroatoms. The number of nitrogens with zero attached hydrogens (tertiary/aromatic N) is 1. The maximum atomic E-state index is 4.34. The zero-order valence-electron chi connectivity index (χ0n) is 9.90. The lowest BCUT2D eigenvalue weighted by Crippen LogP contribution is -2.17. The molecule has 2 aromatic rings. The van der Waals surface area contributed by atoms with Gasteiger partial charge in [0.05, 0.1) is 0 Å². The number of aromatic nitrogens is 1. The van der Waals surface area contributed by atoms with Crippen LogP contribution in [0, 0.1) is 6.92 Å². The van der Waals surface area contributed by atoms with Crippen molar-refractivity contribution in [2.75, 3.05) is 0 Å². The van der Waals surface area contributed by atoms with Gasteiger partial charge in [0, 0.05) is 28.1 Å². The van der Waals surface area contributed by atoms with Crippen LogP contribution in [-0.2, 0) is 6.54 Å². The number of aryl methyl sites for hydroxylation is 1. The third-order valence-electron chi connectivity index (χ3n) is 2.60. The molecule has 0 aliphatic heterocycles. The average molecular weight is 311 g/mol. The molecule has 1 N–H and O–H groups in total. The van der Waals surface area contributed by atoms with Gasteiger partial charge in [0.1, 0.15) is 5.01 Å². The Kier molecular flexibility index (Phi) is 4.31. The molecular formula is C13H15BrN2S. The highest BCUT2D eigenvalue weighted by Crippen LogP contribution is 2.18. The first-order valence-electron chi connectivity index (χ1n) is 5.55. The molecule has 90 valence electrons. The highest BCUT2D eigenvalue weighted by atomic mass is 79.9. The second-order valence-corrected chi connectivity index (χ2v) is 6.25. The molecule has 2 rings (SSSR count). The Balaban J connectivity index is 1.93. The molecule has 0 bridgehead atoms. The summed E-state index contributed by atoms with van der Waals surface area (Å²) >= 11 is 5.19. The Labute approximate surface area is 114 Å². The van der Waals surface area contributed by atoms with Crippen LogP contribution in [0.4, 0.5) is 0 Å². The molecular weight excluding hydrogens is 296 g/mol.